The van der Waals surface area contributed by atoms with Crippen molar-refractivity contribution >= 4 is 65.4 Å². The molecule has 0 saturated carbocycles. The molecule has 120 heavy (non-hydrogen) atoms. The maximum Gasteiger partial charge on any atom is 0.144 e. The van der Waals surface area contributed by atoms with E-state index in [0.29, 0.717) is 0 Å². The van der Waals surface area contributed by atoms with E-state index < -0.39 is 0 Å². The average Bonchev–Trinajstić information content (AvgIpc) is 1.60. The summed E-state index contributed by atoms with van der Waals surface area (Å²) in [5.74, 6) is 4.53. The van der Waals surface area contributed by atoms with Crippen molar-refractivity contribution in [3.05, 3.63) is 377 Å². The standard InChI is InChI=1S/C111H105N9/c1-70(2)88-40-28-41-89(71(3)4)106(88)115-67-82(112-109(115)79-52-58-103-97(64-79)94-37-22-25-46-100(94)118(103)85-31-16-13-17-32-85)55-49-76-61-77(50-56-83-68-116(107-90(72(5)6)42-29-43-91(107)73(7)8)110(113-83)80-53-59-104-98(65-80)95-38-23-26-47-101(95)119(104)86-33-18-14-19-34-86)63-78(62-76)51-57-84-69-117(108-92(74(9)10)44-30-45-93(108)75(11)12)111(114-84)81-54-60-105-99(66-81)96-39-24-27-48-102(96)120(105)87-35-20-15-21-36-87/h13-48,52-54,58-75H,49-51,55-57H2,1-12H3. The highest BCUT2D eigenvalue weighted by molar-refractivity contribution is 6.13. The Balaban J connectivity index is 0.738. The number of imidazole rings is 3. The summed E-state index contributed by atoms with van der Waals surface area (Å²) in [6.07, 6.45) is 11.7. The van der Waals surface area contributed by atoms with Crippen molar-refractivity contribution in [3.8, 4) is 68.3 Å². The van der Waals surface area contributed by atoms with Gasteiger partial charge in [-0.3, -0.25) is 13.7 Å². The molecular weight excluding hydrogens is 1460 g/mol. The lowest BCUT2D eigenvalue weighted by molar-refractivity contribution is 0.806. The zero-order chi connectivity index (χ0) is 82.1. The Hall–Kier alpha value is -13.1. The van der Waals surface area contributed by atoms with Gasteiger partial charge in [0.1, 0.15) is 17.5 Å². The first-order chi connectivity index (χ1) is 58.5. The molecule has 13 aromatic carbocycles. The molecule has 594 valence electrons. The van der Waals surface area contributed by atoms with Crippen molar-refractivity contribution in [1.82, 2.24) is 42.4 Å². The largest absolute Gasteiger partial charge is 0.309 e. The molecule has 0 atom stereocenters. The molecule has 0 fully saturated rings. The molecule has 9 nitrogen and oxygen atoms in total. The number of benzene rings is 13. The second kappa shape index (κ2) is 32.0. The van der Waals surface area contributed by atoms with Gasteiger partial charge < -0.3 is 13.7 Å². The van der Waals surface area contributed by atoms with Crippen LogP contribution in [0.2, 0.25) is 0 Å². The Kier molecular flexibility index (Phi) is 20.5. The summed E-state index contributed by atoms with van der Waals surface area (Å²) in [5.41, 5.74) is 32.4. The summed E-state index contributed by atoms with van der Waals surface area (Å²) in [6.45, 7) is 27.9. The van der Waals surface area contributed by atoms with Crippen molar-refractivity contribution in [2.45, 2.75) is 157 Å². The monoisotopic (exact) mass is 1560 g/mol. The van der Waals surface area contributed by atoms with E-state index in [9.17, 15) is 0 Å². The first-order valence-corrected chi connectivity index (χ1v) is 43.5. The number of hydrogen-bond acceptors (Lipinski definition) is 3. The predicted octanol–water partition coefficient (Wildman–Crippen LogP) is 28.6. The van der Waals surface area contributed by atoms with Crippen molar-refractivity contribution in [3.63, 3.8) is 0 Å². The number of aromatic nitrogens is 9. The molecule has 0 saturated heterocycles. The van der Waals surface area contributed by atoms with E-state index >= 15 is 0 Å². The molecule has 0 aliphatic heterocycles. The molecule has 19 rings (SSSR count). The fourth-order valence-electron chi connectivity index (χ4n) is 19.1. The molecule has 0 aliphatic rings. The van der Waals surface area contributed by atoms with Gasteiger partial charge in [0.2, 0.25) is 0 Å². The van der Waals surface area contributed by atoms with Crippen LogP contribution >= 0.6 is 0 Å². The van der Waals surface area contributed by atoms with Gasteiger partial charge in [-0.25, -0.2) is 15.0 Å². The van der Waals surface area contributed by atoms with Crippen LogP contribution in [0.5, 0.6) is 0 Å². The zero-order valence-electron chi connectivity index (χ0n) is 71.2. The SMILES string of the molecule is CC(C)c1cccc(C(C)C)c1-n1cc(CCc2cc(CCc3cn(-c4c(C(C)C)cccc4C(C)C)c(-c4ccc5c(c4)c4ccccc4n5-c4ccccc4)n3)cc(CCc3cn(-c4c(C(C)C)cccc4C(C)C)c(-c4ccc5c(c4)c4ccccc4n5-c4ccccc4)n3)c2)nc1-c1ccc2c(c1)c1ccccc1n2-c1ccccc1. The third kappa shape index (κ3) is 14.0. The van der Waals surface area contributed by atoms with E-state index in [-0.39, 0.29) is 35.5 Å². The van der Waals surface area contributed by atoms with Gasteiger partial charge in [-0.05, 0) is 233 Å². The summed E-state index contributed by atoms with van der Waals surface area (Å²) in [6, 6.07) is 108. The highest BCUT2D eigenvalue weighted by atomic mass is 15.1. The molecule has 6 heterocycles. The fraction of sp³-hybridized carbons (Fsp3) is 0.216. The predicted molar refractivity (Wildman–Crippen MR) is 503 cm³/mol. The van der Waals surface area contributed by atoms with Crippen molar-refractivity contribution in [2.75, 3.05) is 0 Å². The first kappa shape index (κ1) is 76.8. The van der Waals surface area contributed by atoms with E-state index in [1.165, 1.54) is 133 Å². The minimum absolute atomic E-state index is 0.278. The summed E-state index contributed by atoms with van der Waals surface area (Å²) < 4.78 is 14.6. The molecule has 0 spiro atoms. The lowest BCUT2D eigenvalue weighted by atomic mass is 9.92. The third-order valence-electron chi connectivity index (χ3n) is 25.0. The Morgan fingerprint density at radius 1 is 0.217 bits per heavy atom. The van der Waals surface area contributed by atoms with Crippen LogP contribution in [-0.4, -0.2) is 42.4 Å². The van der Waals surface area contributed by atoms with E-state index in [0.717, 1.165) is 107 Å². The molecule has 0 bridgehead atoms. The zero-order valence-corrected chi connectivity index (χ0v) is 71.2. The number of para-hydroxylation sites is 9. The van der Waals surface area contributed by atoms with Gasteiger partial charge in [-0.2, -0.15) is 0 Å². The molecule has 0 aliphatic carbocycles. The summed E-state index contributed by atoms with van der Waals surface area (Å²) >= 11 is 0. The minimum Gasteiger partial charge on any atom is -0.309 e. The van der Waals surface area contributed by atoms with Gasteiger partial charge in [0, 0.05) is 84.7 Å². The number of aryl methyl sites for hydroxylation is 6. The fourth-order valence-corrected chi connectivity index (χ4v) is 19.1. The van der Waals surface area contributed by atoms with Crippen LogP contribution in [0.3, 0.4) is 0 Å². The molecule has 0 N–H and O–H groups in total. The maximum atomic E-state index is 5.84. The van der Waals surface area contributed by atoms with E-state index in [4.69, 9.17) is 15.0 Å². The summed E-state index contributed by atoms with van der Waals surface area (Å²) in [7, 11) is 0. The maximum absolute atomic E-state index is 5.84. The molecule has 0 amide bonds. The summed E-state index contributed by atoms with van der Waals surface area (Å²) in [5, 5.41) is 7.27. The van der Waals surface area contributed by atoms with Gasteiger partial charge in [-0.1, -0.05) is 265 Å². The third-order valence-corrected chi connectivity index (χ3v) is 25.0. The first-order valence-electron chi connectivity index (χ1n) is 43.5. The Bertz CT molecular complexity index is 6280. The van der Waals surface area contributed by atoms with Crippen LogP contribution in [-0.2, 0) is 38.5 Å². The quantitative estimate of drug-likeness (QED) is 0.0605. The molecule has 0 unspecified atom stereocenters. The van der Waals surface area contributed by atoms with Gasteiger partial charge in [-0.15, -0.1) is 0 Å². The second-order valence-corrected chi connectivity index (χ2v) is 35.0. The van der Waals surface area contributed by atoms with Crippen LogP contribution in [0, 0.1) is 0 Å². The van der Waals surface area contributed by atoms with Gasteiger partial charge >= 0.3 is 0 Å². The Morgan fingerprint density at radius 3 is 0.700 bits per heavy atom. The lowest BCUT2D eigenvalue weighted by Gasteiger charge is -2.22. The van der Waals surface area contributed by atoms with Gasteiger partial charge in [0.25, 0.3) is 0 Å². The van der Waals surface area contributed by atoms with Crippen molar-refractivity contribution < 1.29 is 0 Å². The Labute approximate surface area is 705 Å². The van der Waals surface area contributed by atoms with Crippen LogP contribution < -0.4 is 0 Å². The number of nitrogens with zero attached hydrogens (tertiary/aromatic N) is 9. The molecular formula is C111H105N9. The van der Waals surface area contributed by atoms with Crippen molar-refractivity contribution in [1.29, 1.82) is 0 Å². The Morgan fingerprint density at radius 2 is 0.450 bits per heavy atom. The van der Waals surface area contributed by atoms with Crippen LogP contribution in [0.4, 0.5) is 0 Å². The number of fused-ring (bicyclic) bond motifs is 9. The second-order valence-electron chi connectivity index (χ2n) is 35.0. The lowest BCUT2D eigenvalue weighted by Crippen LogP contribution is -2.07. The van der Waals surface area contributed by atoms with Crippen LogP contribution in [0.25, 0.3) is 134 Å². The summed E-state index contributed by atoms with van der Waals surface area (Å²) in [4.78, 5) is 17.5. The molecule has 6 aromatic heterocycles. The van der Waals surface area contributed by atoms with E-state index in [2.05, 4.69) is 420 Å². The average molecular weight is 1570 g/mol. The highest BCUT2D eigenvalue weighted by Crippen LogP contribution is 2.44. The molecule has 9 heteroatoms. The smallest absolute Gasteiger partial charge is 0.144 e. The van der Waals surface area contributed by atoms with E-state index in [1.54, 1.807) is 0 Å². The highest BCUT2D eigenvalue weighted by Gasteiger charge is 2.28. The topological polar surface area (TPSA) is 68.2 Å². The van der Waals surface area contributed by atoms with Crippen molar-refractivity contribution in [2.24, 2.45) is 0 Å². The van der Waals surface area contributed by atoms with Crippen LogP contribution in [0.1, 0.15) is 186 Å². The minimum atomic E-state index is 0.278. The normalized spacial score (nSPS) is 12.2. The number of rotatable bonds is 24. The van der Waals surface area contributed by atoms with Gasteiger partial charge in [0.15, 0.2) is 0 Å². The molecule has 0 radical (unpaired) electrons. The van der Waals surface area contributed by atoms with E-state index in [1.807, 2.05) is 0 Å². The van der Waals surface area contributed by atoms with Crippen LogP contribution in [0.15, 0.2) is 310 Å². The number of hydrogen-bond donors (Lipinski definition) is 0. The van der Waals surface area contributed by atoms with Gasteiger partial charge in [0.05, 0.1) is 67.2 Å². The molecule has 19 aromatic rings.